The molecule has 0 bridgehead atoms. The van der Waals surface area contributed by atoms with Crippen LogP contribution in [0.5, 0.6) is 17.2 Å². The molecule has 4 rings (SSSR count). The molecule has 0 saturated heterocycles. The largest absolute Gasteiger partial charge is 0.496 e. The fourth-order valence-corrected chi connectivity index (χ4v) is 5.54. The van der Waals surface area contributed by atoms with E-state index in [9.17, 15) is 9.59 Å². The summed E-state index contributed by atoms with van der Waals surface area (Å²) in [7, 11) is 4.68. The van der Waals surface area contributed by atoms with Gasteiger partial charge in [0.25, 0.3) is 5.91 Å². The van der Waals surface area contributed by atoms with Gasteiger partial charge in [0.05, 0.1) is 32.3 Å². The van der Waals surface area contributed by atoms with Gasteiger partial charge in [0.1, 0.15) is 5.75 Å². The van der Waals surface area contributed by atoms with Gasteiger partial charge in [0, 0.05) is 27.1 Å². The average Bonchev–Trinajstić information content (AvgIpc) is 3.43. The third-order valence-electron chi connectivity index (χ3n) is 5.80. The van der Waals surface area contributed by atoms with E-state index in [-0.39, 0.29) is 17.1 Å². The number of carbonyl (C=O) groups is 2. The van der Waals surface area contributed by atoms with Crippen LogP contribution in [0.4, 0.5) is 10.8 Å². The Balaban J connectivity index is 1.41. The van der Waals surface area contributed by atoms with E-state index in [2.05, 4.69) is 15.6 Å². The molecule has 8 nitrogen and oxygen atoms in total. The Kier molecular flexibility index (Phi) is 9.45. The monoisotopic (exact) mass is 563 g/mol. The molecule has 0 aliphatic carbocycles. The third-order valence-corrected chi connectivity index (χ3v) is 7.91. The summed E-state index contributed by atoms with van der Waals surface area (Å²) >= 11 is 2.80. The Morgan fingerprint density at radius 3 is 2.41 bits per heavy atom. The molecular formula is C29H29N3O5S2. The molecule has 0 radical (unpaired) electrons. The van der Waals surface area contributed by atoms with Crippen LogP contribution in [0.25, 0.3) is 11.3 Å². The number of aromatic nitrogens is 1. The summed E-state index contributed by atoms with van der Waals surface area (Å²) in [5.41, 5.74) is 2.67. The first-order valence-corrected chi connectivity index (χ1v) is 13.9. The van der Waals surface area contributed by atoms with Crippen molar-refractivity contribution >= 4 is 45.7 Å². The molecule has 4 aromatic rings. The predicted molar refractivity (Wildman–Crippen MR) is 157 cm³/mol. The number of hydrogen-bond donors (Lipinski definition) is 2. The number of hydrogen-bond acceptors (Lipinski definition) is 8. The van der Waals surface area contributed by atoms with Crippen molar-refractivity contribution in [2.75, 3.05) is 32.0 Å². The van der Waals surface area contributed by atoms with Gasteiger partial charge in [0.15, 0.2) is 16.6 Å². The Hall–Kier alpha value is -4.02. The second-order valence-electron chi connectivity index (χ2n) is 8.29. The van der Waals surface area contributed by atoms with E-state index in [1.54, 1.807) is 38.5 Å². The fourth-order valence-electron chi connectivity index (χ4n) is 3.81. The quantitative estimate of drug-likeness (QED) is 0.198. The molecule has 2 N–H and O–H groups in total. The Labute approximate surface area is 235 Å². The van der Waals surface area contributed by atoms with Gasteiger partial charge in [-0.1, -0.05) is 25.1 Å². The molecule has 0 aliphatic heterocycles. The highest BCUT2D eigenvalue weighted by Crippen LogP contribution is 2.33. The smallest absolute Gasteiger partial charge is 0.255 e. The molecule has 0 aliphatic rings. The zero-order valence-electron chi connectivity index (χ0n) is 22.0. The third kappa shape index (κ3) is 6.90. The minimum atomic E-state index is -0.347. The molecule has 39 heavy (non-hydrogen) atoms. The SMILES string of the molecule is CCC(Sc1cccc(NC(=O)c2ccc(OC)c(OC)c2)c1)C(=O)Nc1nc(-c2ccccc2OC)cs1. The van der Waals surface area contributed by atoms with Gasteiger partial charge in [-0.3, -0.25) is 9.59 Å². The van der Waals surface area contributed by atoms with Gasteiger partial charge >= 0.3 is 0 Å². The number of nitrogens with one attached hydrogen (secondary N) is 2. The number of nitrogens with zero attached hydrogens (tertiary/aromatic N) is 1. The number of thiazole rings is 1. The van der Waals surface area contributed by atoms with Crippen molar-refractivity contribution in [1.29, 1.82) is 0 Å². The van der Waals surface area contributed by atoms with Crippen LogP contribution in [0.1, 0.15) is 23.7 Å². The van der Waals surface area contributed by atoms with E-state index in [0.29, 0.717) is 34.3 Å². The van der Waals surface area contributed by atoms with E-state index in [1.165, 1.54) is 30.2 Å². The molecule has 1 atom stereocenters. The highest BCUT2D eigenvalue weighted by molar-refractivity contribution is 8.00. The normalized spacial score (nSPS) is 11.4. The standard InChI is InChI=1S/C29H29N3O5S2/c1-5-26(28(34)32-29-31-22(17-38-29)21-11-6-7-12-23(21)35-2)39-20-10-8-9-19(16-20)30-27(33)18-13-14-24(36-3)25(15-18)37-4/h6-17,26H,5H2,1-4H3,(H,30,33)(H,31,32,34). The number of amides is 2. The molecule has 3 aromatic carbocycles. The number of methoxy groups -OCH3 is 3. The summed E-state index contributed by atoms with van der Waals surface area (Å²) in [6.07, 6.45) is 0.615. The van der Waals surface area contributed by atoms with Crippen molar-refractivity contribution in [2.24, 2.45) is 0 Å². The molecule has 2 amide bonds. The van der Waals surface area contributed by atoms with Crippen molar-refractivity contribution in [3.8, 4) is 28.5 Å². The number of thioether (sulfide) groups is 1. The summed E-state index contributed by atoms with van der Waals surface area (Å²) in [6, 6.07) is 20.0. The second kappa shape index (κ2) is 13.2. The summed E-state index contributed by atoms with van der Waals surface area (Å²) in [4.78, 5) is 31.4. The van der Waals surface area contributed by atoms with Crippen molar-refractivity contribution in [2.45, 2.75) is 23.5 Å². The summed E-state index contributed by atoms with van der Waals surface area (Å²) in [5.74, 6) is 1.33. The van der Waals surface area contributed by atoms with E-state index in [4.69, 9.17) is 14.2 Å². The number of carbonyl (C=O) groups excluding carboxylic acids is 2. The van der Waals surface area contributed by atoms with Gasteiger partial charge in [-0.25, -0.2) is 4.98 Å². The minimum absolute atomic E-state index is 0.136. The van der Waals surface area contributed by atoms with Gasteiger partial charge in [-0.2, -0.15) is 0 Å². The molecule has 0 fully saturated rings. The average molecular weight is 564 g/mol. The van der Waals surface area contributed by atoms with Crippen LogP contribution in [0.2, 0.25) is 0 Å². The Morgan fingerprint density at radius 2 is 1.67 bits per heavy atom. The second-order valence-corrected chi connectivity index (χ2v) is 10.4. The van der Waals surface area contributed by atoms with Crippen LogP contribution < -0.4 is 24.8 Å². The highest BCUT2D eigenvalue weighted by atomic mass is 32.2. The lowest BCUT2D eigenvalue weighted by Crippen LogP contribution is -2.24. The molecule has 0 saturated carbocycles. The number of rotatable bonds is 11. The van der Waals surface area contributed by atoms with Gasteiger partial charge in [-0.05, 0) is 55.0 Å². The Morgan fingerprint density at radius 1 is 0.897 bits per heavy atom. The zero-order chi connectivity index (χ0) is 27.8. The van der Waals surface area contributed by atoms with Crippen LogP contribution in [-0.4, -0.2) is 43.4 Å². The lowest BCUT2D eigenvalue weighted by molar-refractivity contribution is -0.115. The summed E-state index contributed by atoms with van der Waals surface area (Å²) < 4.78 is 16.0. The summed E-state index contributed by atoms with van der Waals surface area (Å²) in [5, 5.41) is 7.92. The molecule has 0 spiro atoms. The maximum Gasteiger partial charge on any atom is 0.255 e. The van der Waals surface area contributed by atoms with Crippen molar-refractivity contribution in [1.82, 2.24) is 4.98 Å². The maximum absolute atomic E-state index is 13.1. The van der Waals surface area contributed by atoms with Crippen LogP contribution in [0.3, 0.4) is 0 Å². The molecule has 1 unspecified atom stereocenters. The van der Waals surface area contributed by atoms with Gasteiger partial charge < -0.3 is 24.8 Å². The number of para-hydroxylation sites is 1. The Bertz CT molecular complexity index is 1460. The molecular weight excluding hydrogens is 534 g/mol. The first-order valence-electron chi connectivity index (χ1n) is 12.2. The van der Waals surface area contributed by atoms with E-state index in [1.807, 2.05) is 54.8 Å². The summed E-state index contributed by atoms with van der Waals surface area (Å²) in [6.45, 7) is 1.96. The van der Waals surface area contributed by atoms with E-state index >= 15 is 0 Å². The number of ether oxygens (including phenoxy) is 3. The van der Waals surface area contributed by atoms with Gasteiger partial charge in [-0.15, -0.1) is 23.1 Å². The predicted octanol–water partition coefficient (Wildman–Crippen LogP) is 6.60. The maximum atomic E-state index is 13.1. The van der Waals surface area contributed by atoms with Crippen molar-refractivity contribution in [3.63, 3.8) is 0 Å². The molecule has 10 heteroatoms. The molecule has 1 heterocycles. The topological polar surface area (TPSA) is 98.8 Å². The van der Waals surface area contributed by atoms with Crippen LogP contribution in [-0.2, 0) is 4.79 Å². The first-order chi connectivity index (χ1) is 18.9. The van der Waals surface area contributed by atoms with Crippen LogP contribution in [0, 0.1) is 0 Å². The van der Waals surface area contributed by atoms with Gasteiger partial charge in [0.2, 0.25) is 5.91 Å². The van der Waals surface area contributed by atoms with Crippen LogP contribution in [0.15, 0.2) is 77.0 Å². The zero-order valence-corrected chi connectivity index (χ0v) is 23.7. The lowest BCUT2D eigenvalue weighted by atomic mass is 10.1. The first kappa shape index (κ1) is 28.0. The molecule has 1 aromatic heterocycles. The molecule has 202 valence electrons. The minimum Gasteiger partial charge on any atom is -0.496 e. The van der Waals surface area contributed by atoms with Crippen molar-refractivity contribution < 1.29 is 23.8 Å². The fraction of sp³-hybridized carbons (Fsp3) is 0.207. The van der Waals surface area contributed by atoms with Crippen LogP contribution >= 0.6 is 23.1 Å². The number of benzene rings is 3. The van der Waals surface area contributed by atoms with E-state index in [0.717, 1.165) is 21.9 Å². The van der Waals surface area contributed by atoms with E-state index < -0.39 is 0 Å². The van der Waals surface area contributed by atoms with Crippen molar-refractivity contribution in [3.05, 3.63) is 77.7 Å². The number of anilines is 2. The lowest BCUT2D eigenvalue weighted by Gasteiger charge is -2.15. The highest BCUT2D eigenvalue weighted by Gasteiger charge is 2.20.